The van der Waals surface area contributed by atoms with E-state index in [9.17, 15) is 4.79 Å². The maximum absolute atomic E-state index is 11.8. The van der Waals surface area contributed by atoms with Gasteiger partial charge in [0.2, 0.25) is 11.0 Å². The zero-order valence-corrected chi connectivity index (χ0v) is 13.2. The Kier molecular flexibility index (Phi) is 6.55. The van der Waals surface area contributed by atoms with E-state index in [0.29, 0.717) is 24.9 Å². The molecule has 6 nitrogen and oxygen atoms in total. The number of methoxy groups -OCH3 is 1. The molecule has 1 amide bonds. The first-order valence-corrected chi connectivity index (χ1v) is 8.56. The first kappa shape index (κ1) is 15.5. The molecule has 0 radical (unpaired) electrons. The van der Waals surface area contributed by atoms with Crippen LogP contribution < -0.4 is 10.6 Å². The first-order valence-electron chi connectivity index (χ1n) is 6.76. The third kappa shape index (κ3) is 5.26. The summed E-state index contributed by atoms with van der Waals surface area (Å²) in [6.07, 6.45) is 4.68. The Bertz CT molecular complexity index is 421. The lowest BCUT2D eigenvalue weighted by Crippen LogP contribution is -2.33. The molecule has 0 spiro atoms. The third-order valence-electron chi connectivity index (χ3n) is 3.04. The molecule has 0 aromatic carbocycles. The van der Waals surface area contributed by atoms with Gasteiger partial charge in [-0.3, -0.25) is 4.79 Å². The summed E-state index contributed by atoms with van der Waals surface area (Å²) in [4.78, 5) is 11.8. The molecule has 0 saturated heterocycles. The number of nitrogens with zero attached hydrogens (tertiary/aromatic N) is 2. The van der Waals surface area contributed by atoms with Crippen LogP contribution in [0.1, 0.15) is 25.7 Å². The predicted molar refractivity (Wildman–Crippen MR) is 81.4 cm³/mol. The van der Waals surface area contributed by atoms with Gasteiger partial charge in [0.05, 0.1) is 12.4 Å². The fraction of sp³-hybridized carbons (Fsp3) is 0.750. The molecule has 2 N–H and O–H groups in total. The minimum Gasteiger partial charge on any atom is -0.383 e. The van der Waals surface area contributed by atoms with Crippen LogP contribution in [0.4, 0.5) is 5.13 Å². The summed E-state index contributed by atoms with van der Waals surface area (Å²) >= 11 is 2.90. The number of amides is 1. The van der Waals surface area contributed by atoms with Crippen molar-refractivity contribution >= 4 is 34.1 Å². The van der Waals surface area contributed by atoms with Crippen LogP contribution in [0.25, 0.3) is 0 Å². The molecule has 1 fully saturated rings. The second-order valence-corrected chi connectivity index (χ2v) is 6.83. The van der Waals surface area contributed by atoms with Crippen LogP contribution in [-0.2, 0) is 9.53 Å². The smallest absolute Gasteiger partial charge is 0.230 e. The molecule has 1 aliphatic carbocycles. The number of rotatable bonds is 8. The Balaban J connectivity index is 1.66. The molecule has 0 unspecified atom stereocenters. The number of thioether (sulfide) groups is 1. The lowest BCUT2D eigenvalue weighted by atomic mass is 10.2. The maximum atomic E-state index is 11.8. The number of aromatic nitrogens is 2. The zero-order chi connectivity index (χ0) is 14.2. The standard InChI is InChI=1S/C12H20N4O2S2/c1-18-7-6-13-11-15-16-12(20-11)19-8-10(17)14-9-4-2-3-5-9/h9H,2-8H2,1H3,(H,13,15)(H,14,17). The molecule has 1 aromatic rings. The van der Waals surface area contributed by atoms with E-state index in [1.807, 2.05) is 0 Å². The van der Waals surface area contributed by atoms with Gasteiger partial charge >= 0.3 is 0 Å². The average Bonchev–Trinajstić information content (AvgIpc) is 3.08. The molecular formula is C12H20N4O2S2. The molecule has 0 aliphatic heterocycles. The third-order valence-corrected chi connectivity index (χ3v) is 5.05. The van der Waals surface area contributed by atoms with Crippen molar-refractivity contribution < 1.29 is 9.53 Å². The molecule has 0 bridgehead atoms. The minimum absolute atomic E-state index is 0.0889. The van der Waals surface area contributed by atoms with Crippen LogP contribution in [0.3, 0.4) is 0 Å². The van der Waals surface area contributed by atoms with Crippen LogP contribution in [0.15, 0.2) is 4.34 Å². The summed E-state index contributed by atoms with van der Waals surface area (Å²) in [5, 5.41) is 15.0. The Morgan fingerprint density at radius 3 is 3.00 bits per heavy atom. The molecule has 1 heterocycles. The molecule has 1 aromatic heterocycles. The highest BCUT2D eigenvalue weighted by atomic mass is 32.2. The molecule has 1 saturated carbocycles. The van der Waals surface area contributed by atoms with Crippen LogP contribution in [-0.4, -0.2) is 48.2 Å². The van der Waals surface area contributed by atoms with Gasteiger partial charge in [-0.15, -0.1) is 10.2 Å². The summed E-state index contributed by atoms with van der Waals surface area (Å²) in [7, 11) is 1.66. The van der Waals surface area contributed by atoms with Crippen molar-refractivity contribution in [2.45, 2.75) is 36.1 Å². The SMILES string of the molecule is COCCNc1nnc(SCC(=O)NC2CCCC2)s1. The van der Waals surface area contributed by atoms with Crippen molar-refractivity contribution in [1.29, 1.82) is 0 Å². The van der Waals surface area contributed by atoms with E-state index in [1.54, 1.807) is 7.11 Å². The Hall–Kier alpha value is -0.860. The number of nitrogens with one attached hydrogen (secondary N) is 2. The van der Waals surface area contributed by atoms with Crippen LogP contribution in [0, 0.1) is 0 Å². The van der Waals surface area contributed by atoms with Crippen molar-refractivity contribution in [3.05, 3.63) is 0 Å². The summed E-state index contributed by atoms with van der Waals surface area (Å²) in [5.41, 5.74) is 0. The average molecular weight is 316 g/mol. The van der Waals surface area contributed by atoms with E-state index in [2.05, 4.69) is 20.8 Å². The van der Waals surface area contributed by atoms with Crippen molar-refractivity contribution in [2.24, 2.45) is 0 Å². The predicted octanol–water partition coefficient (Wildman–Crippen LogP) is 1.75. The lowest BCUT2D eigenvalue weighted by Gasteiger charge is -2.10. The van der Waals surface area contributed by atoms with E-state index < -0.39 is 0 Å². The number of hydrogen-bond donors (Lipinski definition) is 2. The second-order valence-electron chi connectivity index (χ2n) is 4.63. The van der Waals surface area contributed by atoms with E-state index in [4.69, 9.17) is 4.74 Å². The van der Waals surface area contributed by atoms with Gasteiger partial charge in [-0.05, 0) is 12.8 Å². The van der Waals surface area contributed by atoms with Gasteiger partial charge in [0.15, 0.2) is 4.34 Å². The summed E-state index contributed by atoms with van der Waals surface area (Å²) in [5.74, 6) is 0.495. The first-order chi connectivity index (χ1) is 9.78. The normalized spacial score (nSPS) is 15.4. The largest absolute Gasteiger partial charge is 0.383 e. The van der Waals surface area contributed by atoms with Crippen molar-refractivity contribution in [3.63, 3.8) is 0 Å². The maximum Gasteiger partial charge on any atom is 0.230 e. The van der Waals surface area contributed by atoms with E-state index >= 15 is 0 Å². The van der Waals surface area contributed by atoms with Crippen LogP contribution in [0.2, 0.25) is 0 Å². The highest BCUT2D eigenvalue weighted by molar-refractivity contribution is 8.01. The fourth-order valence-corrected chi connectivity index (χ4v) is 3.66. The highest BCUT2D eigenvalue weighted by Crippen LogP contribution is 2.25. The van der Waals surface area contributed by atoms with Gasteiger partial charge in [0.1, 0.15) is 0 Å². The van der Waals surface area contributed by atoms with Gasteiger partial charge in [0, 0.05) is 19.7 Å². The molecule has 2 rings (SSSR count). The van der Waals surface area contributed by atoms with Gasteiger partial charge < -0.3 is 15.4 Å². The van der Waals surface area contributed by atoms with Crippen LogP contribution in [0.5, 0.6) is 0 Å². The molecule has 20 heavy (non-hydrogen) atoms. The zero-order valence-electron chi connectivity index (χ0n) is 11.6. The molecule has 8 heteroatoms. The monoisotopic (exact) mass is 316 g/mol. The Morgan fingerprint density at radius 1 is 1.45 bits per heavy atom. The quantitative estimate of drug-likeness (QED) is 0.562. The Labute approximate surface area is 127 Å². The van der Waals surface area contributed by atoms with Crippen molar-refractivity contribution in [3.8, 4) is 0 Å². The van der Waals surface area contributed by atoms with Crippen molar-refractivity contribution in [2.75, 3.05) is 31.3 Å². The van der Waals surface area contributed by atoms with E-state index in [0.717, 1.165) is 22.3 Å². The topological polar surface area (TPSA) is 76.1 Å². The minimum atomic E-state index is 0.0889. The van der Waals surface area contributed by atoms with E-state index in [1.165, 1.54) is 35.9 Å². The number of ether oxygens (including phenoxy) is 1. The van der Waals surface area contributed by atoms with Crippen molar-refractivity contribution in [1.82, 2.24) is 15.5 Å². The van der Waals surface area contributed by atoms with Crippen LogP contribution >= 0.6 is 23.1 Å². The summed E-state index contributed by atoms with van der Waals surface area (Å²) < 4.78 is 5.76. The van der Waals surface area contributed by atoms with Gasteiger partial charge in [-0.25, -0.2) is 0 Å². The molecule has 1 aliphatic rings. The highest BCUT2D eigenvalue weighted by Gasteiger charge is 2.17. The summed E-state index contributed by atoms with van der Waals surface area (Å²) in [6.45, 7) is 1.34. The second kappa shape index (κ2) is 8.43. The Morgan fingerprint density at radius 2 is 2.25 bits per heavy atom. The molecule has 0 atom stereocenters. The number of carbonyl (C=O) groups is 1. The molecule has 112 valence electrons. The van der Waals surface area contributed by atoms with Gasteiger partial charge in [-0.1, -0.05) is 35.9 Å². The number of carbonyl (C=O) groups excluding carboxylic acids is 1. The van der Waals surface area contributed by atoms with E-state index in [-0.39, 0.29) is 5.91 Å². The number of hydrogen-bond acceptors (Lipinski definition) is 7. The number of anilines is 1. The summed E-state index contributed by atoms with van der Waals surface area (Å²) in [6, 6.07) is 0.379. The van der Waals surface area contributed by atoms with Gasteiger partial charge in [-0.2, -0.15) is 0 Å². The lowest BCUT2D eigenvalue weighted by molar-refractivity contribution is -0.119. The molecular weight excluding hydrogens is 296 g/mol. The fourth-order valence-electron chi connectivity index (χ4n) is 2.07. The van der Waals surface area contributed by atoms with Gasteiger partial charge in [0.25, 0.3) is 0 Å².